The summed E-state index contributed by atoms with van der Waals surface area (Å²) >= 11 is 1.31. The van der Waals surface area contributed by atoms with Gasteiger partial charge in [0.15, 0.2) is 5.16 Å². The molecule has 3 aromatic rings. The topological polar surface area (TPSA) is 119 Å². The molecule has 0 saturated carbocycles. The average molecular weight is 486 g/mol. The maximum atomic E-state index is 13.0. The number of nitrogens with one attached hydrogen (secondary N) is 1. The third-order valence-electron chi connectivity index (χ3n) is 5.29. The van der Waals surface area contributed by atoms with E-state index in [1.54, 1.807) is 17.0 Å². The third kappa shape index (κ3) is 4.98. The fourth-order valence-corrected chi connectivity index (χ4v) is 5.96. The standard InChI is InChI=1S/C22H23N5O4S2/c1-2-31-17-7-8-18-19(13-17)25-22(24-18)32-15-21(28)26-9-11-27(12-10-26)33(29,30)20-6-4-3-5-16(20)14-23/h3-8,13H,2,9-12,15H2,1H3,(H,24,25). The number of carbonyl (C=O) groups is 1. The van der Waals surface area contributed by atoms with Crippen LogP contribution in [-0.4, -0.2) is 72.0 Å². The Kier molecular flexibility index (Phi) is 6.88. The first-order chi connectivity index (χ1) is 15.9. The van der Waals surface area contributed by atoms with Gasteiger partial charge in [0.2, 0.25) is 15.9 Å². The van der Waals surface area contributed by atoms with E-state index in [0.717, 1.165) is 16.8 Å². The Hall–Kier alpha value is -3.07. The summed E-state index contributed by atoms with van der Waals surface area (Å²) < 4.78 is 32.7. The van der Waals surface area contributed by atoms with Gasteiger partial charge in [-0.15, -0.1) is 0 Å². The van der Waals surface area contributed by atoms with Crippen LogP contribution >= 0.6 is 11.8 Å². The molecule has 172 valence electrons. The van der Waals surface area contributed by atoms with Crippen molar-refractivity contribution in [3.05, 3.63) is 48.0 Å². The second-order valence-corrected chi connectivity index (χ2v) is 10.2. The van der Waals surface area contributed by atoms with Crippen molar-refractivity contribution in [2.45, 2.75) is 17.0 Å². The number of piperazine rings is 1. The molecule has 11 heteroatoms. The fourth-order valence-electron chi connectivity index (χ4n) is 3.61. The van der Waals surface area contributed by atoms with Gasteiger partial charge in [-0.25, -0.2) is 13.4 Å². The number of hydrogen-bond donors (Lipinski definition) is 1. The van der Waals surface area contributed by atoms with Gasteiger partial charge in [0.25, 0.3) is 0 Å². The highest BCUT2D eigenvalue weighted by Crippen LogP contribution is 2.24. The first-order valence-corrected chi connectivity index (χ1v) is 12.9. The monoisotopic (exact) mass is 485 g/mol. The van der Waals surface area contributed by atoms with Crippen LogP contribution in [0.1, 0.15) is 12.5 Å². The highest BCUT2D eigenvalue weighted by molar-refractivity contribution is 7.99. The predicted octanol–water partition coefficient (Wildman–Crippen LogP) is 2.46. The largest absolute Gasteiger partial charge is 0.494 e. The molecule has 1 aromatic heterocycles. The Labute approximate surface area is 196 Å². The van der Waals surface area contributed by atoms with Crippen LogP contribution in [0.2, 0.25) is 0 Å². The zero-order valence-electron chi connectivity index (χ0n) is 18.0. The van der Waals surface area contributed by atoms with Gasteiger partial charge >= 0.3 is 0 Å². The predicted molar refractivity (Wildman–Crippen MR) is 124 cm³/mol. The quantitative estimate of drug-likeness (QED) is 0.511. The lowest BCUT2D eigenvalue weighted by Crippen LogP contribution is -2.51. The molecule has 2 aromatic carbocycles. The molecular formula is C22H23N5O4S2. The summed E-state index contributed by atoms with van der Waals surface area (Å²) in [6.07, 6.45) is 0. The second kappa shape index (κ2) is 9.82. The summed E-state index contributed by atoms with van der Waals surface area (Å²) in [6.45, 7) is 3.46. The summed E-state index contributed by atoms with van der Waals surface area (Å²) in [5.41, 5.74) is 1.75. The van der Waals surface area contributed by atoms with E-state index in [1.807, 2.05) is 31.2 Å². The normalized spacial score (nSPS) is 14.8. The van der Waals surface area contributed by atoms with Crippen LogP contribution < -0.4 is 4.74 Å². The molecule has 0 aliphatic carbocycles. The number of nitrogens with zero attached hydrogens (tertiary/aromatic N) is 4. The minimum Gasteiger partial charge on any atom is -0.494 e. The smallest absolute Gasteiger partial charge is 0.244 e. The Morgan fingerprint density at radius 1 is 1.21 bits per heavy atom. The molecule has 0 bridgehead atoms. The van der Waals surface area contributed by atoms with Crippen molar-refractivity contribution in [1.82, 2.24) is 19.2 Å². The van der Waals surface area contributed by atoms with Gasteiger partial charge < -0.3 is 14.6 Å². The van der Waals surface area contributed by atoms with Crippen molar-refractivity contribution in [1.29, 1.82) is 5.26 Å². The highest BCUT2D eigenvalue weighted by atomic mass is 32.2. The lowest BCUT2D eigenvalue weighted by molar-refractivity contribution is -0.129. The van der Waals surface area contributed by atoms with Crippen molar-refractivity contribution in [3.8, 4) is 11.8 Å². The van der Waals surface area contributed by atoms with Crippen LogP contribution in [0.3, 0.4) is 0 Å². The number of rotatable bonds is 7. The molecule has 4 rings (SSSR count). The summed E-state index contributed by atoms with van der Waals surface area (Å²) in [6, 6.07) is 13.7. The maximum absolute atomic E-state index is 13.0. The minimum atomic E-state index is -3.79. The maximum Gasteiger partial charge on any atom is 0.244 e. The number of ether oxygens (including phenoxy) is 1. The SMILES string of the molecule is CCOc1ccc2nc(SCC(=O)N3CCN(S(=O)(=O)c4ccccc4C#N)CC3)[nH]c2c1. The van der Waals surface area contributed by atoms with Crippen LogP contribution in [0.15, 0.2) is 52.5 Å². The number of imidazole rings is 1. The lowest BCUT2D eigenvalue weighted by Gasteiger charge is -2.34. The number of hydrogen-bond acceptors (Lipinski definition) is 7. The Morgan fingerprint density at radius 3 is 2.70 bits per heavy atom. The fraction of sp³-hybridized carbons (Fsp3) is 0.318. The summed E-state index contributed by atoms with van der Waals surface area (Å²) in [4.78, 5) is 22.0. The summed E-state index contributed by atoms with van der Waals surface area (Å²) in [5.74, 6) is 0.874. The molecule has 1 saturated heterocycles. The van der Waals surface area contributed by atoms with Gasteiger partial charge in [0, 0.05) is 32.2 Å². The molecule has 0 radical (unpaired) electrons. The van der Waals surface area contributed by atoms with Crippen LogP contribution in [0.25, 0.3) is 11.0 Å². The van der Waals surface area contributed by atoms with Gasteiger partial charge in [-0.05, 0) is 31.2 Å². The van der Waals surface area contributed by atoms with Crippen molar-refractivity contribution < 1.29 is 17.9 Å². The highest BCUT2D eigenvalue weighted by Gasteiger charge is 2.31. The molecule has 0 atom stereocenters. The van der Waals surface area contributed by atoms with E-state index < -0.39 is 10.0 Å². The van der Waals surface area contributed by atoms with Gasteiger partial charge in [-0.1, -0.05) is 23.9 Å². The third-order valence-corrected chi connectivity index (χ3v) is 8.11. The molecule has 0 spiro atoms. The Balaban J connectivity index is 1.34. The van der Waals surface area contributed by atoms with E-state index in [0.29, 0.717) is 24.9 Å². The zero-order valence-corrected chi connectivity index (χ0v) is 19.7. The summed E-state index contributed by atoms with van der Waals surface area (Å²) in [7, 11) is -3.79. The molecule has 1 amide bonds. The van der Waals surface area contributed by atoms with Crippen LogP contribution in [0, 0.1) is 11.3 Å². The molecule has 9 nitrogen and oxygen atoms in total. The molecule has 1 aliphatic heterocycles. The number of sulfonamides is 1. The number of fused-ring (bicyclic) bond motifs is 1. The average Bonchev–Trinajstić information content (AvgIpc) is 3.25. The van der Waals surface area contributed by atoms with Crippen LogP contribution in [0.5, 0.6) is 5.75 Å². The Morgan fingerprint density at radius 2 is 1.97 bits per heavy atom. The second-order valence-electron chi connectivity index (χ2n) is 7.34. The number of amides is 1. The van der Waals surface area contributed by atoms with E-state index in [-0.39, 0.29) is 35.2 Å². The Bertz CT molecular complexity index is 1310. The lowest BCUT2D eigenvalue weighted by atomic mass is 10.2. The van der Waals surface area contributed by atoms with Gasteiger partial charge in [0.1, 0.15) is 11.8 Å². The first kappa shape index (κ1) is 23.1. The van der Waals surface area contributed by atoms with Crippen molar-refractivity contribution >= 4 is 38.7 Å². The van der Waals surface area contributed by atoms with E-state index >= 15 is 0 Å². The number of benzene rings is 2. The van der Waals surface area contributed by atoms with Crippen molar-refractivity contribution in [3.63, 3.8) is 0 Å². The number of nitriles is 1. The summed E-state index contributed by atoms with van der Waals surface area (Å²) in [5, 5.41) is 9.87. The van der Waals surface area contributed by atoms with E-state index in [9.17, 15) is 18.5 Å². The van der Waals surface area contributed by atoms with E-state index in [4.69, 9.17) is 4.74 Å². The van der Waals surface area contributed by atoms with E-state index in [2.05, 4.69) is 9.97 Å². The molecule has 1 aliphatic rings. The van der Waals surface area contributed by atoms with Crippen molar-refractivity contribution in [2.24, 2.45) is 0 Å². The molecular weight excluding hydrogens is 462 g/mol. The number of aromatic nitrogens is 2. The van der Waals surface area contributed by atoms with Gasteiger partial charge in [-0.2, -0.15) is 9.57 Å². The number of thioether (sulfide) groups is 1. The van der Waals surface area contributed by atoms with E-state index in [1.165, 1.54) is 28.2 Å². The van der Waals surface area contributed by atoms with Crippen molar-refractivity contribution in [2.75, 3.05) is 38.5 Å². The molecule has 0 unspecified atom stereocenters. The van der Waals surface area contributed by atoms with Gasteiger partial charge in [-0.3, -0.25) is 4.79 Å². The van der Waals surface area contributed by atoms with Crippen LogP contribution in [0.4, 0.5) is 0 Å². The molecule has 2 heterocycles. The minimum absolute atomic E-state index is 0.000196. The first-order valence-electron chi connectivity index (χ1n) is 10.4. The molecule has 33 heavy (non-hydrogen) atoms. The van der Waals surface area contributed by atoms with Gasteiger partial charge in [0.05, 0.1) is 33.9 Å². The molecule has 1 fully saturated rings. The number of aromatic amines is 1. The number of carbonyl (C=O) groups excluding carboxylic acids is 1. The zero-order chi connectivity index (χ0) is 23.4. The molecule has 1 N–H and O–H groups in total. The number of H-pyrrole nitrogens is 1. The van der Waals surface area contributed by atoms with Crippen LogP contribution in [-0.2, 0) is 14.8 Å².